The first-order valence-corrected chi connectivity index (χ1v) is 5.69. The van der Waals surface area contributed by atoms with Gasteiger partial charge in [0.15, 0.2) is 5.69 Å². The summed E-state index contributed by atoms with van der Waals surface area (Å²) in [5, 5.41) is 17.0. The first-order chi connectivity index (χ1) is 8.32. The van der Waals surface area contributed by atoms with Gasteiger partial charge in [0.25, 0.3) is 5.91 Å². The fourth-order valence-electron chi connectivity index (χ4n) is 1.58. The highest BCUT2D eigenvalue weighted by Crippen LogP contribution is 2.23. The Hall–Kier alpha value is -1.47. The quantitative estimate of drug-likeness (QED) is 0.751. The van der Waals surface area contributed by atoms with Crippen molar-refractivity contribution in [1.29, 1.82) is 0 Å². The lowest BCUT2D eigenvalue weighted by atomic mass is 9.95. The molecule has 0 fully saturated rings. The topological polar surface area (TPSA) is 103 Å². The van der Waals surface area contributed by atoms with Crippen LogP contribution >= 0.6 is 0 Å². The van der Waals surface area contributed by atoms with E-state index in [0.29, 0.717) is 12.2 Å². The molecule has 0 spiro atoms. The van der Waals surface area contributed by atoms with Gasteiger partial charge in [0.2, 0.25) is 0 Å². The molecule has 1 amide bonds. The van der Waals surface area contributed by atoms with E-state index in [1.807, 2.05) is 13.8 Å². The normalized spacial score (nSPS) is 13.6. The van der Waals surface area contributed by atoms with E-state index in [9.17, 15) is 9.90 Å². The van der Waals surface area contributed by atoms with E-state index in [1.54, 1.807) is 11.6 Å². The first-order valence-electron chi connectivity index (χ1n) is 5.69. The summed E-state index contributed by atoms with van der Waals surface area (Å²) in [4.78, 5) is 11.3. The molecule has 0 saturated carbocycles. The number of rotatable bonds is 6. The van der Waals surface area contributed by atoms with Crippen LogP contribution in [0.4, 0.5) is 0 Å². The van der Waals surface area contributed by atoms with Gasteiger partial charge in [-0.3, -0.25) is 4.79 Å². The maximum Gasteiger partial charge on any atom is 0.271 e. The zero-order valence-corrected chi connectivity index (χ0v) is 11.2. The largest absolute Gasteiger partial charge is 0.396 e. The van der Waals surface area contributed by atoms with Crippen molar-refractivity contribution in [2.24, 2.45) is 11.1 Å². The fourth-order valence-corrected chi connectivity index (χ4v) is 1.58. The van der Waals surface area contributed by atoms with E-state index >= 15 is 0 Å². The Morgan fingerprint density at radius 1 is 1.61 bits per heavy atom. The van der Waals surface area contributed by atoms with Crippen molar-refractivity contribution in [3.8, 4) is 0 Å². The number of primary amides is 1. The summed E-state index contributed by atoms with van der Waals surface area (Å²) >= 11 is 0. The Morgan fingerprint density at radius 3 is 2.67 bits per heavy atom. The minimum atomic E-state index is -0.637. The molecule has 1 aromatic rings. The number of amides is 1. The van der Waals surface area contributed by atoms with E-state index < -0.39 is 5.91 Å². The van der Waals surface area contributed by atoms with Gasteiger partial charge in [-0.1, -0.05) is 19.1 Å². The molecular weight excluding hydrogens is 236 g/mol. The standard InChI is InChI=1S/C11H20N4O3/c1-7(18-4)9-8(10(12)17)13-14-15(9)5-11(2,3)6-16/h7,16H,5-6H2,1-4H3,(H2,12,17). The molecule has 0 aromatic carbocycles. The van der Waals surface area contributed by atoms with Crippen LogP contribution in [0.1, 0.15) is 43.1 Å². The second-order valence-electron chi connectivity index (χ2n) is 5.05. The minimum Gasteiger partial charge on any atom is -0.396 e. The molecule has 1 unspecified atom stereocenters. The van der Waals surface area contributed by atoms with Gasteiger partial charge in [-0.15, -0.1) is 5.10 Å². The summed E-state index contributed by atoms with van der Waals surface area (Å²) in [6, 6.07) is 0. The average molecular weight is 256 g/mol. The van der Waals surface area contributed by atoms with Crippen molar-refractivity contribution in [1.82, 2.24) is 15.0 Å². The highest BCUT2D eigenvalue weighted by atomic mass is 16.5. The van der Waals surface area contributed by atoms with Crippen LogP contribution in [0.2, 0.25) is 0 Å². The second-order valence-corrected chi connectivity index (χ2v) is 5.05. The Kier molecular flexibility index (Phi) is 4.42. The van der Waals surface area contributed by atoms with Crippen LogP contribution in [0.15, 0.2) is 0 Å². The van der Waals surface area contributed by atoms with Crippen LogP contribution in [0.5, 0.6) is 0 Å². The fraction of sp³-hybridized carbons (Fsp3) is 0.727. The number of carbonyl (C=O) groups excluding carboxylic acids is 1. The van der Waals surface area contributed by atoms with Crippen LogP contribution in [-0.4, -0.2) is 39.7 Å². The van der Waals surface area contributed by atoms with Crippen molar-refractivity contribution in [2.75, 3.05) is 13.7 Å². The van der Waals surface area contributed by atoms with E-state index in [1.165, 1.54) is 7.11 Å². The van der Waals surface area contributed by atoms with Crippen molar-refractivity contribution in [3.63, 3.8) is 0 Å². The maximum atomic E-state index is 11.3. The molecule has 0 saturated heterocycles. The van der Waals surface area contributed by atoms with Gasteiger partial charge in [0, 0.05) is 19.1 Å². The van der Waals surface area contributed by atoms with E-state index in [4.69, 9.17) is 10.5 Å². The zero-order chi connectivity index (χ0) is 13.9. The number of hydrogen-bond donors (Lipinski definition) is 2. The van der Waals surface area contributed by atoms with Crippen molar-refractivity contribution >= 4 is 5.91 Å². The summed E-state index contributed by atoms with van der Waals surface area (Å²) in [6.45, 7) is 5.99. The third kappa shape index (κ3) is 3.05. The number of methoxy groups -OCH3 is 1. The van der Waals surface area contributed by atoms with Gasteiger partial charge in [0.1, 0.15) is 5.69 Å². The molecule has 0 aliphatic rings. The number of carbonyl (C=O) groups is 1. The molecule has 7 nitrogen and oxygen atoms in total. The molecule has 1 rings (SSSR count). The number of hydrogen-bond acceptors (Lipinski definition) is 5. The average Bonchev–Trinajstić information content (AvgIpc) is 2.71. The van der Waals surface area contributed by atoms with Crippen molar-refractivity contribution in [3.05, 3.63) is 11.4 Å². The van der Waals surface area contributed by atoms with Gasteiger partial charge in [-0.25, -0.2) is 4.68 Å². The molecule has 18 heavy (non-hydrogen) atoms. The summed E-state index contributed by atoms with van der Waals surface area (Å²) in [5.41, 5.74) is 5.53. The number of aliphatic hydroxyl groups excluding tert-OH is 1. The third-order valence-electron chi connectivity index (χ3n) is 2.75. The molecular formula is C11H20N4O3. The predicted octanol–water partition coefficient (Wildman–Crippen LogP) is 0.103. The monoisotopic (exact) mass is 256 g/mol. The van der Waals surface area contributed by atoms with Gasteiger partial charge in [-0.2, -0.15) is 0 Å². The molecule has 1 aromatic heterocycles. The van der Waals surface area contributed by atoms with Crippen molar-refractivity contribution in [2.45, 2.75) is 33.4 Å². The molecule has 0 aliphatic carbocycles. The summed E-state index contributed by atoms with van der Waals surface area (Å²) in [5.74, 6) is -0.637. The molecule has 1 heterocycles. The highest BCUT2D eigenvalue weighted by Gasteiger charge is 2.26. The van der Waals surface area contributed by atoms with Gasteiger partial charge >= 0.3 is 0 Å². The lowest BCUT2D eigenvalue weighted by Gasteiger charge is -2.23. The minimum absolute atomic E-state index is 0.000429. The van der Waals surface area contributed by atoms with E-state index in [-0.39, 0.29) is 23.8 Å². The third-order valence-corrected chi connectivity index (χ3v) is 2.75. The van der Waals surface area contributed by atoms with Gasteiger partial charge in [-0.05, 0) is 6.92 Å². The zero-order valence-electron chi connectivity index (χ0n) is 11.2. The van der Waals surface area contributed by atoms with Crippen LogP contribution in [-0.2, 0) is 11.3 Å². The van der Waals surface area contributed by atoms with Crippen LogP contribution in [0, 0.1) is 5.41 Å². The van der Waals surface area contributed by atoms with Crippen molar-refractivity contribution < 1.29 is 14.6 Å². The Morgan fingerprint density at radius 2 is 2.22 bits per heavy atom. The Bertz CT molecular complexity index is 428. The van der Waals surface area contributed by atoms with E-state index in [2.05, 4.69) is 10.3 Å². The Balaban J connectivity index is 3.16. The molecule has 3 N–H and O–H groups in total. The van der Waals surface area contributed by atoms with Crippen LogP contribution < -0.4 is 5.73 Å². The molecule has 0 aliphatic heterocycles. The number of ether oxygens (including phenoxy) is 1. The maximum absolute atomic E-state index is 11.3. The predicted molar refractivity (Wildman–Crippen MR) is 64.8 cm³/mol. The van der Waals surface area contributed by atoms with Crippen LogP contribution in [0.3, 0.4) is 0 Å². The highest BCUT2D eigenvalue weighted by molar-refractivity contribution is 5.91. The molecule has 102 valence electrons. The van der Waals surface area contributed by atoms with Gasteiger partial charge < -0.3 is 15.6 Å². The first kappa shape index (κ1) is 14.6. The number of aliphatic hydroxyl groups is 1. The van der Waals surface area contributed by atoms with Crippen LogP contribution in [0.25, 0.3) is 0 Å². The molecule has 0 bridgehead atoms. The summed E-state index contributed by atoms with van der Waals surface area (Å²) in [6.07, 6.45) is -0.350. The number of aromatic nitrogens is 3. The Labute approximate surface area is 106 Å². The van der Waals surface area contributed by atoms with Gasteiger partial charge in [0.05, 0.1) is 12.6 Å². The molecule has 7 heteroatoms. The lowest BCUT2D eigenvalue weighted by molar-refractivity contribution is 0.0929. The molecule has 1 atom stereocenters. The number of nitrogens with zero attached hydrogens (tertiary/aromatic N) is 3. The SMILES string of the molecule is COC(C)c1c(C(N)=O)nnn1CC(C)(C)CO. The summed E-state index contributed by atoms with van der Waals surface area (Å²) < 4.78 is 6.76. The van der Waals surface area contributed by atoms with E-state index in [0.717, 1.165) is 0 Å². The smallest absolute Gasteiger partial charge is 0.271 e. The second kappa shape index (κ2) is 5.45. The number of nitrogens with two attached hydrogens (primary N) is 1. The summed E-state index contributed by atoms with van der Waals surface area (Å²) in [7, 11) is 1.53. The molecule has 0 radical (unpaired) electrons. The lowest BCUT2D eigenvalue weighted by Crippen LogP contribution is -2.27.